The van der Waals surface area contributed by atoms with Crippen molar-refractivity contribution in [3.8, 4) is 0 Å². The van der Waals surface area contributed by atoms with Gasteiger partial charge in [-0.05, 0) is 74.0 Å². The number of likely N-dealkylation sites (N-methyl/N-ethyl adjacent to an activating group) is 1. The molecule has 0 spiro atoms. The van der Waals surface area contributed by atoms with Gasteiger partial charge in [0.15, 0.2) is 0 Å². The van der Waals surface area contributed by atoms with Crippen LogP contribution in [0.2, 0.25) is 0 Å². The monoisotopic (exact) mass is 650 g/mol. The third-order valence-electron chi connectivity index (χ3n) is 9.50. The molecule has 1 atom stereocenters. The lowest BCUT2D eigenvalue weighted by Crippen LogP contribution is -2.51. The van der Waals surface area contributed by atoms with Crippen molar-refractivity contribution in [3.05, 3.63) is 117 Å². The number of carbonyl (C=O) groups is 1. The van der Waals surface area contributed by atoms with Crippen LogP contribution in [0.25, 0.3) is 5.57 Å². The molecule has 0 aliphatic heterocycles. The fourth-order valence-electron chi connectivity index (χ4n) is 6.55. The van der Waals surface area contributed by atoms with Gasteiger partial charge in [-0.3, -0.25) is 9.59 Å². The van der Waals surface area contributed by atoms with Crippen LogP contribution < -0.4 is 5.56 Å². The van der Waals surface area contributed by atoms with E-state index < -0.39 is 24.0 Å². The minimum atomic E-state index is -4.60. The maximum absolute atomic E-state index is 15.0. The molecular formula is C37H42F4N4O2. The largest absolute Gasteiger partial charge is 0.399 e. The first-order chi connectivity index (χ1) is 22.5. The number of hydrogen-bond donors (Lipinski definition) is 0. The lowest BCUT2D eigenvalue weighted by Gasteiger charge is -2.39. The fourth-order valence-corrected chi connectivity index (χ4v) is 6.55. The van der Waals surface area contributed by atoms with Crippen molar-refractivity contribution in [1.82, 2.24) is 19.4 Å². The molecule has 1 heterocycles. The van der Waals surface area contributed by atoms with E-state index >= 15 is 0 Å². The summed E-state index contributed by atoms with van der Waals surface area (Å²) < 4.78 is 60.2. The summed E-state index contributed by atoms with van der Waals surface area (Å²) in [7, 11) is 0. The van der Waals surface area contributed by atoms with Crippen molar-refractivity contribution < 1.29 is 22.4 Å². The summed E-state index contributed by atoms with van der Waals surface area (Å²) in [4.78, 5) is 34.9. The smallest absolute Gasteiger partial charge is 0.339 e. The molecule has 250 valence electrons. The molecule has 1 amide bonds. The van der Waals surface area contributed by atoms with Crippen molar-refractivity contribution in [1.29, 1.82) is 0 Å². The van der Waals surface area contributed by atoms with E-state index in [4.69, 9.17) is 0 Å². The minimum absolute atomic E-state index is 0.127. The standard InChI is InChI=1S/C37H42F4N4O2/c1-3-43(4-2)23-24-44(26-36(37(39,40)41)21-19-29(20-22-36)28-9-6-5-7-10-28)34(46)25-45-32-12-8-11-31(32)35(47)42-33(45)18-15-27-13-16-30(38)17-14-27/h5-7,9-10,13-14,16-17,19-21H,3-4,8,11-12,15,18,22-26H2,1-2H3. The fraction of sp³-hybridized carbons (Fsp3) is 0.432. The Balaban J connectivity index is 1.45. The predicted molar refractivity (Wildman–Crippen MR) is 175 cm³/mol. The maximum atomic E-state index is 15.0. The van der Waals surface area contributed by atoms with Crippen LogP contribution in [0.3, 0.4) is 0 Å². The second kappa shape index (κ2) is 14.8. The summed E-state index contributed by atoms with van der Waals surface area (Å²) in [5.74, 6) is -0.391. The summed E-state index contributed by atoms with van der Waals surface area (Å²) in [6, 6.07) is 15.3. The Morgan fingerprint density at radius 2 is 1.70 bits per heavy atom. The number of carbonyl (C=O) groups excluding carboxylic acids is 1. The van der Waals surface area contributed by atoms with Crippen molar-refractivity contribution >= 4 is 11.5 Å². The van der Waals surface area contributed by atoms with Crippen LogP contribution in [0.15, 0.2) is 77.6 Å². The average molecular weight is 651 g/mol. The Labute approximate surface area is 273 Å². The van der Waals surface area contributed by atoms with Crippen LogP contribution in [-0.2, 0) is 37.0 Å². The summed E-state index contributed by atoms with van der Waals surface area (Å²) in [6.45, 7) is 5.20. The van der Waals surface area contributed by atoms with Gasteiger partial charge in [-0.1, -0.05) is 74.5 Å². The highest BCUT2D eigenvalue weighted by molar-refractivity contribution is 5.77. The molecule has 2 aliphatic carbocycles. The molecule has 2 aromatic carbocycles. The van der Waals surface area contributed by atoms with Gasteiger partial charge < -0.3 is 14.4 Å². The van der Waals surface area contributed by atoms with Gasteiger partial charge in [0, 0.05) is 37.3 Å². The number of allylic oxidation sites excluding steroid dienone is 3. The number of aryl methyl sites for hydroxylation is 2. The number of halogens is 4. The molecule has 5 rings (SSSR count). The number of fused-ring (bicyclic) bond motifs is 1. The molecule has 0 fully saturated rings. The molecule has 47 heavy (non-hydrogen) atoms. The van der Waals surface area contributed by atoms with Gasteiger partial charge in [0.25, 0.3) is 5.56 Å². The summed E-state index contributed by atoms with van der Waals surface area (Å²) in [5, 5.41) is 0. The summed E-state index contributed by atoms with van der Waals surface area (Å²) in [5.41, 5.74) is 1.12. The first-order valence-corrected chi connectivity index (χ1v) is 16.4. The molecule has 10 heteroatoms. The lowest BCUT2D eigenvalue weighted by molar-refractivity contribution is -0.210. The Hall–Kier alpha value is -4.05. The maximum Gasteiger partial charge on any atom is 0.399 e. The van der Waals surface area contributed by atoms with Crippen LogP contribution in [0, 0.1) is 11.2 Å². The third-order valence-corrected chi connectivity index (χ3v) is 9.50. The Morgan fingerprint density at radius 1 is 0.979 bits per heavy atom. The van der Waals surface area contributed by atoms with E-state index in [1.54, 1.807) is 22.8 Å². The highest BCUT2D eigenvalue weighted by Gasteiger charge is 2.54. The number of aromatic nitrogens is 2. The molecule has 0 bridgehead atoms. The number of alkyl halides is 3. The number of amides is 1. The molecule has 2 aliphatic rings. The second-order valence-electron chi connectivity index (χ2n) is 12.4. The van der Waals surface area contributed by atoms with Crippen LogP contribution in [-0.4, -0.2) is 64.2 Å². The van der Waals surface area contributed by atoms with E-state index in [9.17, 15) is 27.2 Å². The number of rotatable bonds is 13. The second-order valence-corrected chi connectivity index (χ2v) is 12.4. The third kappa shape index (κ3) is 7.92. The van der Waals surface area contributed by atoms with E-state index in [0.29, 0.717) is 62.3 Å². The van der Waals surface area contributed by atoms with Crippen molar-refractivity contribution in [2.24, 2.45) is 5.41 Å². The first kappa shape index (κ1) is 34.3. The zero-order valence-electron chi connectivity index (χ0n) is 27.0. The Bertz CT molecular complexity index is 1660. The number of hydrogen-bond acceptors (Lipinski definition) is 4. The van der Waals surface area contributed by atoms with E-state index in [-0.39, 0.29) is 30.9 Å². The first-order valence-electron chi connectivity index (χ1n) is 16.4. The van der Waals surface area contributed by atoms with Crippen molar-refractivity contribution in [3.63, 3.8) is 0 Å². The summed E-state index contributed by atoms with van der Waals surface area (Å²) in [6.07, 6.45) is 2.13. The highest BCUT2D eigenvalue weighted by Crippen LogP contribution is 2.47. The normalized spacial score (nSPS) is 17.6. The van der Waals surface area contributed by atoms with Crippen LogP contribution >= 0.6 is 0 Å². The summed E-state index contributed by atoms with van der Waals surface area (Å²) >= 11 is 0. The van der Waals surface area contributed by atoms with Gasteiger partial charge in [-0.25, -0.2) is 4.39 Å². The van der Waals surface area contributed by atoms with Gasteiger partial charge in [0.05, 0.1) is 0 Å². The van der Waals surface area contributed by atoms with Gasteiger partial charge in [0.1, 0.15) is 23.6 Å². The van der Waals surface area contributed by atoms with Gasteiger partial charge >= 0.3 is 6.18 Å². The molecule has 1 unspecified atom stereocenters. The van der Waals surface area contributed by atoms with Crippen LogP contribution in [0.1, 0.15) is 54.9 Å². The van der Waals surface area contributed by atoms with Crippen molar-refractivity contribution in [2.75, 3.05) is 32.7 Å². The molecular weight excluding hydrogens is 608 g/mol. The Morgan fingerprint density at radius 3 is 2.34 bits per heavy atom. The van der Waals surface area contributed by atoms with E-state index in [0.717, 1.165) is 23.2 Å². The SMILES string of the molecule is CCN(CC)CCN(CC1(C(F)(F)F)C=CC(c2ccccc2)=CC1)C(=O)Cn1c(CCc2ccc(F)cc2)nc(=O)c2c1CCC2. The zero-order valence-corrected chi connectivity index (χ0v) is 27.0. The van der Waals surface area contributed by atoms with Gasteiger partial charge in [0.2, 0.25) is 5.91 Å². The highest BCUT2D eigenvalue weighted by atomic mass is 19.4. The topological polar surface area (TPSA) is 58.4 Å². The van der Waals surface area contributed by atoms with E-state index in [1.807, 2.05) is 44.2 Å². The molecule has 0 radical (unpaired) electrons. The molecule has 0 saturated carbocycles. The molecule has 6 nitrogen and oxygen atoms in total. The Kier molecular flexibility index (Phi) is 10.8. The average Bonchev–Trinajstić information content (AvgIpc) is 3.57. The quantitative estimate of drug-likeness (QED) is 0.201. The van der Waals surface area contributed by atoms with Gasteiger partial charge in [-0.15, -0.1) is 0 Å². The van der Waals surface area contributed by atoms with E-state index in [2.05, 4.69) is 9.88 Å². The lowest BCUT2D eigenvalue weighted by atomic mass is 9.77. The number of nitrogens with zero attached hydrogens (tertiary/aromatic N) is 4. The predicted octanol–water partition coefficient (Wildman–Crippen LogP) is 6.42. The zero-order chi connectivity index (χ0) is 33.6. The minimum Gasteiger partial charge on any atom is -0.339 e. The molecule has 1 aromatic heterocycles. The van der Waals surface area contributed by atoms with Gasteiger partial charge in [-0.2, -0.15) is 18.2 Å². The number of benzene rings is 2. The molecule has 0 saturated heterocycles. The van der Waals surface area contributed by atoms with Crippen LogP contribution in [0.4, 0.5) is 17.6 Å². The molecule has 0 N–H and O–H groups in total. The molecule has 3 aromatic rings. The van der Waals surface area contributed by atoms with Crippen LogP contribution in [0.5, 0.6) is 0 Å². The van der Waals surface area contributed by atoms with E-state index in [1.165, 1.54) is 29.2 Å². The van der Waals surface area contributed by atoms with Crippen molar-refractivity contribution in [2.45, 2.75) is 65.1 Å².